The zero-order valence-electron chi connectivity index (χ0n) is 56.5. The molecular weight excluding hydrogens is 1480 g/mol. The number of methoxy groups -OCH3 is 1. The molecule has 3 atom stereocenters. The van der Waals surface area contributed by atoms with Crippen LogP contribution in [0.5, 0.6) is 0 Å². The minimum Gasteiger partial charge on any atom is -0.385 e. The van der Waals surface area contributed by atoms with Gasteiger partial charge in [0.25, 0.3) is 23.6 Å². The van der Waals surface area contributed by atoms with Gasteiger partial charge in [-0.15, -0.1) is 45.3 Å². The molecule has 4 aliphatic heterocycles. The molecule has 37 heteroatoms. The second-order valence-corrected chi connectivity index (χ2v) is 31.5. The number of rotatable bonds is 13. The third-order valence-corrected chi connectivity index (χ3v) is 22.1. The van der Waals surface area contributed by atoms with Crippen LogP contribution in [-0.2, 0) is 39.1 Å². The lowest BCUT2D eigenvalue weighted by atomic mass is 10.1. The first-order valence-corrected chi connectivity index (χ1v) is 37.5. The van der Waals surface area contributed by atoms with Crippen molar-refractivity contribution in [3.05, 3.63) is 126 Å². The first-order chi connectivity index (χ1) is 48.3. The fourth-order valence-corrected chi connectivity index (χ4v) is 16.8. The summed E-state index contributed by atoms with van der Waals surface area (Å²) in [5, 5.41) is 17.4. The Morgan fingerprint density at radius 1 is 0.476 bits per heavy atom. The predicted octanol–water partition coefficient (Wildman–Crippen LogP) is 16.0. The Hall–Kier alpha value is -7.84. The van der Waals surface area contributed by atoms with E-state index >= 15 is 0 Å². The van der Waals surface area contributed by atoms with Crippen LogP contribution in [0.25, 0.3) is 42.3 Å². The zero-order chi connectivity index (χ0) is 75.3. The van der Waals surface area contributed by atoms with Gasteiger partial charge in [0.2, 0.25) is 23.0 Å². The van der Waals surface area contributed by atoms with Gasteiger partial charge < -0.3 is 47.7 Å². The SMILES string of the molecule is C=C(C)N[C@H]1CCCN(C(=O)c2ccc(-c3noc(C(F)(F)F)c3C)s2)C1.C=S(C)(=O)N[C@H]1CCCN(C(=O)c2ccc(-c3noc(C(F)(F)F)c3C)s2)C1.COC1CCN(C(=O)c2ccc(-c3noc(C(F)(F)F)c3C)s2)CC1.Cc1c(-c2ccc(C(=O)N3CCCCC3)s2)noc1C(F)(F)F. The van der Waals surface area contributed by atoms with Crippen LogP contribution in [-0.4, -0.2) is 158 Å². The molecular formula is C66H72F12N10O10S5. The van der Waals surface area contributed by atoms with Crippen LogP contribution in [0.1, 0.15) is 149 Å². The third-order valence-electron chi connectivity index (χ3n) is 16.9. The highest BCUT2D eigenvalue weighted by Crippen LogP contribution is 2.43. The average molecular weight is 1550 g/mol. The molecule has 4 aliphatic rings. The summed E-state index contributed by atoms with van der Waals surface area (Å²) in [5.41, 5.74) is 0.995. The predicted molar refractivity (Wildman–Crippen MR) is 364 cm³/mol. The van der Waals surface area contributed by atoms with Crippen LogP contribution in [0, 0.1) is 27.7 Å². The number of carbonyl (C=O) groups excluding carboxylic acids is 4. The lowest BCUT2D eigenvalue weighted by Gasteiger charge is -2.33. The highest BCUT2D eigenvalue weighted by Gasteiger charge is 2.43. The Kier molecular flexibility index (Phi) is 25.1. The van der Waals surface area contributed by atoms with Crippen molar-refractivity contribution in [1.29, 1.82) is 0 Å². The van der Waals surface area contributed by atoms with Crippen LogP contribution < -0.4 is 10.0 Å². The number of hydrogen-bond acceptors (Lipinski definition) is 19. The number of nitrogens with zero attached hydrogens (tertiary/aromatic N) is 8. The van der Waals surface area contributed by atoms with Crippen molar-refractivity contribution < 1.29 is 98.9 Å². The van der Waals surface area contributed by atoms with Crippen molar-refractivity contribution in [2.24, 2.45) is 0 Å². The standard InChI is InChI=1S/C18H20F3N3O2S.C17H20F3N3O3S2.C16H17F3N2O3S.C15H15F3N2O2S/c1-10(2)22-12-5-4-8-24(9-12)17(25)14-7-6-13(27-14)15-11(3)16(26-23-15)18(19,20)21;1-10-14(21-26-15(10)17(18,19)20)12-6-7-13(27-12)16(24)23-8-4-5-11(9-23)22-28(2,3)25;1-9-13(20-24-14(9)16(17,18)19)11-3-4-12(25-11)15(22)21-7-5-10(23-2)6-8-21;1-9-12(19-22-13(9)15(16,17)18)10-5-6-11(23-10)14(21)20-7-3-2-4-8-20/h6-7,12,22H,1,4-5,8-9H2,2-3H3;6-7,11H,2,4-5,8-9H2,1,3H3,(H,22,25);3-4,10H,5-8H2,1-2H3;5-6H,2-4,7-8H2,1H3/t12-;11-,28?;;/m00../s1. The number of aromatic nitrogens is 4. The van der Waals surface area contributed by atoms with E-state index in [1.165, 1.54) is 34.0 Å². The number of allylic oxidation sites excluding steroid dienone is 1. The molecule has 0 radical (unpaired) electrons. The average Bonchev–Trinajstić information content (AvgIpc) is 1.67. The van der Waals surface area contributed by atoms with Crippen molar-refractivity contribution in [3.8, 4) is 42.3 Å². The number of amides is 4. The number of alkyl halides is 12. The van der Waals surface area contributed by atoms with Crippen molar-refractivity contribution in [2.45, 2.75) is 135 Å². The summed E-state index contributed by atoms with van der Waals surface area (Å²) in [7, 11) is -0.724. The molecule has 4 fully saturated rings. The maximum atomic E-state index is 12.9. The van der Waals surface area contributed by atoms with Crippen molar-refractivity contribution in [1.82, 2.24) is 50.3 Å². The lowest BCUT2D eigenvalue weighted by Crippen LogP contribution is -2.49. The van der Waals surface area contributed by atoms with E-state index in [9.17, 15) is 76.1 Å². The number of halogens is 12. The molecule has 0 spiro atoms. The van der Waals surface area contributed by atoms with Crippen LogP contribution in [0.15, 0.2) is 78.9 Å². The molecule has 20 nitrogen and oxygen atoms in total. The molecule has 0 saturated carbocycles. The summed E-state index contributed by atoms with van der Waals surface area (Å²) < 4.78 is 192. The molecule has 4 saturated heterocycles. The van der Waals surface area contributed by atoms with E-state index in [4.69, 9.17) is 4.74 Å². The Morgan fingerprint density at radius 2 is 0.767 bits per heavy atom. The fraction of sp³-hybridized carbons (Fsp3) is 0.470. The van der Waals surface area contributed by atoms with E-state index in [1.54, 1.807) is 75.2 Å². The molecule has 0 aliphatic carbocycles. The molecule has 8 aromatic heterocycles. The Labute approximate surface area is 599 Å². The van der Waals surface area contributed by atoms with E-state index < -0.39 is 57.5 Å². The van der Waals surface area contributed by atoms with Crippen LogP contribution in [0.4, 0.5) is 52.7 Å². The van der Waals surface area contributed by atoms with Crippen LogP contribution in [0.2, 0.25) is 0 Å². The molecule has 0 aromatic carbocycles. The van der Waals surface area contributed by atoms with Gasteiger partial charge in [-0.2, -0.15) is 52.7 Å². The second-order valence-electron chi connectivity index (χ2n) is 24.9. The number of piperidine rings is 4. The largest absolute Gasteiger partial charge is 0.452 e. The van der Waals surface area contributed by atoms with E-state index in [0.29, 0.717) is 78.3 Å². The number of nitrogens with one attached hydrogen (secondary N) is 2. The monoisotopic (exact) mass is 1550 g/mol. The molecule has 1 unspecified atom stereocenters. The highest BCUT2D eigenvalue weighted by molar-refractivity contribution is 7.97. The maximum Gasteiger partial charge on any atom is 0.452 e. The van der Waals surface area contributed by atoms with Crippen molar-refractivity contribution >= 4 is 84.6 Å². The molecule has 12 rings (SSSR count). The number of hydrogen-bond donors (Lipinski definition) is 2. The van der Waals surface area contributed by atoms with E-state index in [2.05, 4.69) is 61.2 Å². The quantitative estimate of drug-likeness (QED) is 0.0806. The Balaban J connectivity index is 0.000000160. The van der Waals surface area contributed by atoms with Gasteiger partial charge in [-0.05, 0) is 147 Å². The first-order valence-electron chi connectivity index (χ1n) is 32.1. The van der Waals surface area contributed by atoms with Gasteiger partial charge >= 0.3 is 24.7 Å². The van der Waals surface area contributed by atoms with Crippen molar-refractivity contribution in [3.63, 3.8) is 0 Å². The molecule has 103 heavy (non-hydrogen) atoms. The fourth-order valence-electron chi connectivity index (χ4n) is 11.9. The highest BCUT2D eigenvalue weighted by atomic mass is 32.2. The summed E-state index contributed by atoms with van der Waals surface area (Å²) in [4.78, 5) is 61.2. The molecule has 4 amide bonds. The summed E-state index contributed by atoms with van der Waals surface area (Å²) in [6.45, 7) is 15.8. The molecule has 12 heterocycles. The summed E-state index contributed by atoms with van der Waals surface area (Å²) >= 11 is 4.46. The smallest absolute Gasteiger partial charge is 0.385 e. The third kappa shape index (κ3) is 19.8. The zero-order valence-corrected chi connectivity index (χ0v) is 60.6. The minimum absolute atomic E-state index is 0.0590. The Morgan fingerprint density at radius 3 is 1.06 bits per heavy atom. The molecule has 2 N–H and O–H groups in total. The summed E-state index contributed by atoms with van der Waals surface area (Å²) in [6, 6.07) is 12.9. The van der Waals surface area contributed by atoms with Gasteiger partial charge in [0.1, 0.15) is 22.8 Å². The van der Waals surface area contributed by atoms with Gasteiger partial charge in [0.05, 0.1) is 45.1 Å². The summed E-state index contributed by atoms with van der Waals surface area (Å²) in [6.07, 6.45) is -8.65. The van der Waals surface area contributed by atoms with Crippen molar-refractivity contribution in [2.75, 3.05) is 65.7 Å². The topological polar surface area (TPSA) is 236 Å². The van der Waals surface area contributed by atoms with Gasteiger partial charge in [-0.25, -0.2) is 4.72 Å². The van der Waals surface area contributed by atoms with Gasteiger partial charge in [0, 0.05) is 115 Å². The molecule has 8 aromatic rings. The van der Waals surface area contributed by atoms with E-state index in [-0.39, 0.29) is 86.8 Å². The van der Waals surface area contributed by atoms with Gasteiger partial charge in [0.15, 0.2) is 0 Å². The molecule has 0 bridgehead atoms. The number of likely N-dealkylation sites (tertiary alicyclic amines) is 4. The second kappa shape index (κ2) is 32.7. The number of thiophene rings is 4. The lowest BCUT2D eigenvalue weighted by molar-refractivity contribution is -0.156. The van der Waals surface area contributed by atoms with E-state index in [0.717, 1.165) is 122 Å². The van der Waals surface area contributed by atoms with Crippen LogP contribution in [0.3, 0.4) is 0 Å². The summed E-state index contributed by atoms with van der Waals surface area (Å²) in [5.74, 6) is -1.40. The van der Waals surface area contributed by atoms with E-state index in [1.807, 2.05) is 6.92 Å². The first kappa shape index (κ1) is 79.3. The maximum absolute atomic E-state index is 12.9. The Bertz CT molecular complexity index is 4410. The van der Waals surface area contributed by atoms with Gasteiger partial charge in [-0.1, -0.05) is 27.2 Å². The van der Waals surface area contributed by atoms with Gasteiger partial charge in [-0.3, -0.25) is 23.4 Å². The van der Waals surface area contributed by atoms with Crippen LogP contribution >= 0.6 is 45.3 Å². The normalized spacial score (nSPS) is 17.7. The minimum atomic E-state index is -4.62. The number of carbonyl (C=O) groups is 4. The molecule has 560 valence electrons. The number of ether oxygens (including phenoxy) is 1.